The molecule has 13 heteroatoms. The fraction of sp³-hybridized carbons (Fsp3) is 0.234. The average Bonchev–Trinajstić information content (AvgIpc) is 3.73. The van der Waals surface area contributed by atoms with Gasteiger partial charge in [0.1, 0.15) is 0 Å². The van der Waals surface area contributed by atoms with E-state index in [1.165, 1.54) is 4.90 Å². The summed E-state index contributed by atoms with van der Waals surface area (Å²) in [6, 6.07) is 37.6. The van der Waals surface area contributed by atoms with Crippen molar-refractivity contribution in [3.05, 3.63) is 174 Å². The van der Waals surface area contributed by atoms with Crippen LogP contribution >= 0.6 is 0 Å². The molecule has 0 bridgehead atoms. The van der Waals surface area contributed by atoms with E-state index in [1.54, 1.807) is 53.5 Å². The van der Waals surface area contributed by atoms with Crippen molar-refractivity contribution in [2.75, 3.05) is 31.5 Å². The molecule has 0 atom stereocenters. The van der Waals surface area contributed by atoms with Crippen LogP contribution in [0.25, 0.3) is 0 Å². The minimum absolute atomic E-state index is 0.00969. The summed E-state index contributed by atoms with van der Waals surface area (Å²) in [6.45, 7) is 2.26. The quantitative estimate of drug-likeness (QED) is 0.0768. The van der Waals surface area contributed by atoms with Crippen LogP contribution in [0.15, 0.2) is 140 Å². The van der Waals surface area contributed by atoms with Gasteiger partial charge in [-0.25, -0.2) is 4.68 Å². The number of hydrogen-bond acceptors (Lipinski definition) is 9. The summed E-state index contributed by atoms with van der Waals surface area (Å²) in [5.41, 5.74) is 5.49. The first kappa shape index (κ1) is 42.3. The van der Waals surface area contributed by atoms with Gasteiger partial charge in [-0.15, -0.1) is 5.10 Å². The van der Waals surface area contributed by atoms with Crippen molar-refractivity contribution in [2.24, 2.45) is 0 Å². The zero-order chi connectivity index (χ0) is 41.8. The van der Waals surface area contributed by atoms with Crippen LogP contribution in [-0.2, 0) is 40.4 Å². The predicted molar refractivity (Wildman–Crippen MR) is 228 cm³/mol. The van der Waals surface area contributed by atoms with Crippen molar-refractivity contribution in [3.63, 3.8) is 0 Å². The van der Waals surface area contributed by atoms with E-state index in [9.17, 15) is 19.2 Å². The first-order valence-corrected chi connectivity index (χ1v) is 19.8. The lowest BCUT2D eigenvalue weighted by Crippen LogP contribution is -2.42. The average molecular weight is 802 g/mol. The van der Waals surface area contributed by atoms with Crippen molar-refractivity contribution in [1.29, 1.82) is 0 Å². The largest absolute Gasteiger partial charge is 0.354 e. The maximum absolute atomic E-state index is 13.6. The van der Waals surface area contributed by atoms with E-state index in [0.717, 1.165) is 22.5 Å². The number of aromatic nitrogens is 5. The highest BCUT2D eigenvalue weighted by molar-refractivity contribution is 5.98. The lowest BCUT2D eigenvalue weighted by Gasteiger charge is -2.22. The fourth-order valence-corrected chi connectivity index (χ4v) is 6.27. The molecule has 2 N–H and O–H groups in total. The molecule has 0 aliphatic rings. The minimum Gasteiger partial charge on any atom is -0.354 e. The number of rotatable bonds is 20. The van der Waals surface area contributed by atoms with Gasteiger partial charge in [0.25, 0.3) is 0 Å². The molecule has 3 heterocycles. The molecule has 0 aliphatic carbocycles. The maximum atomic E-state index is 13.6. The summed E-state index contributed by atoms with van der Waals surface area (Å²) < 4.78 is 1.72. The number of aryl methyl sites for hydroxylation is 1. The third-order valence-electron chi connectivity index (χ3n) is 9.36. The van der Waals surface area contributed by atoms with E-state index in [2.05, 4.69) is 47.7 Å². The zero-order valence-corrected chi connectivity index (χ0v) is 33.3. The van der Waals surface area contributed by atoms with Crippen molar-refractivity contribution >= 4 is 29.2 Å². The molecule has 60 heavy (non-hydrogen) atoms. The van der Waals surface area contributed by atoms with Gasteiger partial charge in [0.05, 0.1) is 36.7 Å². The molecule has 0 aliphatic heterocycles. The molecule has 6 aromatic rings. The zero-order valence-electron chi connectivity index (χ0n) is 33.3. The molecular weight excluding hydrogens is 755 g/mol. The Balaban J connectivity index is 1.02. The van der Waals surface area contributed by atoms with Crippen LogP contribution in [0.4, 0.5) is 5.69 Å². The highest BCUT2D eigenvalue weighted by atomic mass is 16.2. The number of ketones is 1. The number of Topliss-reactive ketones (excluding diaryl/α,β-unsaturated/α-hetero) is 1. The van der Waals surface area contributed by atoms with Gasteiger partial charge in [-0.2, -0.15) is 0 Å². The standard InChI is InChI=1S/C47H47N9O4/c57-44(39-15-5-2-6-16-39)24-25-45(58)50-29-31-55(47(60)26-23-43-35-56(53-52-43)32-38-12-3-1-4-13-38)36-46(59)51-40-21-19-37(20-22-40)14-11-30-54(33-41-17-7-9-27-48-41)34-42-18-8-10-28-49-42/h1-10,12-13,15-22,27-28,35H,23-26,29-34,36H2,(H,50,58)(H,51,59). The first-order valence-electron chi connectivity index (χ1n) is 19.8. The number of hydrogen-bond donors (Lipinski definition) is 2. The molecular formula is C47H47N9O4. The van der Waals surface area contributed by atoms with Crippen LogP contribution in [0.2, 0.25) is 0 Å². The van der Waals surface area contributed by atoms with Crippen LogP contribution < -0.4 is 10.6 Å². The van der Waals surface area contributed by atoms with Crippen LogP contribution in [0.3, 0.4) is 0 Å². The Morgan fingerprint density at radius 3 is 2.02 bits per heavy atom. The van der Waals surface area contributed by atoms with Crippen LogP contribution in [0.1, 0.15) is 57.8 Å². The van der Waals surface area contributed by atoms with Gasteiger partial charge >= 0.3 is 0 Å². The maximum Gasteiger partial charge on any atom is 0.243 e. The molecule has 3 amide bonds. The Morgan fingerprint density at radius 2 is 1.35 bits per heavy atom. The number of carbonyl (C=O) groups is 4. The molecule has 0 spiro atoms. The van der Waals surface area contributed by atoms with Gasteiger partial charge in [0.2, 0.25) is 17.7 Å². The summed E-state index contributed by atoms with van der Waals surface area (Å²) in [5, 5.41) is 14.1. The van der Waals surface area contributed by atoms with E-state index in [0.29, 0.717) is 49.5 Å². The highest BCUT2D eigenvalue weighted by Gasteiger charge is 2.19. The summed E-state index contributed by atoms with van der Waals surface area (Å²) in [7, 11) is 0. The third-order valence-corrected chi connectivity index (χ3v) is 9.36. The molecule has 0 saturated carbocycles. The highest BCUT2D eigenvalue weighted by Crippen LogP contribution is 2.12. The number of amides is 3. The van der Waals surface area contributed by atoms with E-state index in [4.69, 9.17) is 0 Å². The predicted octanol–water partition coefficient (Wildman–Crippen LogP) is 5.35. The molecule has 0 unspecified atom stereocenters. The number of carbonyl (C=O) groups excluding carboxylic acids is 4. The summed E-state index contributed by atoms with van der Waals surface area (Å²) in [5.74, 6) is 5.36. The van der Waals surface area contributed by atoms with Gasteiger partial charge in [0.15, 0.2) is 5.78 Å². The van der Waals surface area contributed by atoms with Crippen molar-refractivity contribution in [3.8, 4) is 11.8 Å². The Morgan fingerprint density at radius 1 is 0.683 bits per heavy atom. The van der Waals surface area contributed by atoms with Crippen molar-refractivity contribution in [2.45, 2.75) is 45.3 Å². The van der Waals surface area contributed by atoms with Crippen molar-refractivity contribution in [1.82, 2.24) is 40.1 Å². The van der Waals surface area contributed by atoms with Gasteiger partial charge in [-0.1, -0.05) is 89.9 Å². The van der Waals surface area contributed by atoms with Crippen LogP contribution in [0.5, 0.6) is 0 Å². The van der Waals surface area contributed by atoms with Gasteiger partial charge in [-0.05, 0) is 54.1 Å². The molecule has 0 radical (unpaired) electrons. The molecule has 3 aromatic carbocycles. The van der Waals surface area contributed by atoms with Gasteiger partial charge in [-0.3, -0.25) is 34.0 Å². The lowest BCUT2D eigenvalue weighted by molar-refractivity contribution is -0.134. The van der Waals surface area contributed by atoms with E-state index < -0.39 is 5.91 Å². The normalized spacial score (nSPS) is 10.7. The second kappa shape index (κ2) is 22.6. The van der Waals surface area contributed by atoms with E-state index in [-0.39, 0.29) is 56.5 Å². The topological polar surface area (TPSA) is 155 Å². The summed E-state index contributed by atoms with van der Waals surface area (Å²) in [4.78, 5) is 64.5. The van der Waals surface area contributed by atoms with E-state index >= 15 is 0 Å². The number of anilines is 1. The fourth-order valence-electron chi connectivity index (χ4n) is 6.27. The molecule has 3 aromatic heterocycles. The van der Waals surface area contributed by atoms with Crippen LogP contribution in [0, 0.1) is 11.8 Å². The minimum atomic E-state index is -0.393. The van der Waals surface area contributed by atoms with Gasteiger partial charge in [0, 0.05) is 87.3 Å². The molecule has 6 rings (SSSR count). The second-order valence-electron chi connectivity index (χ2n) is 14.1. The number of nitrogens with one attached hydrogen (secondary N) is 2. The summed E-state index contributed by atoms with van der Waals surface area (Å²) >= 11 is 0. The number of pyridine rings is 2. The van der Waals surface area contributed by atoms with Gasteiger partial charge < -0.3 is 15.5 Å². The van der Waals surface area contributed by atoms with E-state index in [1.807, 2.05) is 91.1 Å². The van der Waals surface area contributed by atoms with Crippen LogP contribution in [-0.4, -0.2) is 84.4 Å². The Bertz CT molecular complexity index is 2300. The molecule has 0 fully saturated rings. The lowest BCUT2D eigenvalue weighted by atomic mass is 10.1. The molecule has 304 valence electrons. The Kier molecular flexibility index (Phi) is 15.9. The molecule has 13 nitrogen and oxygen atoms in total. The number of nitrogens with zero attached hydrogens (tertiary/aromatic N) is 7. The first-order chi connectivity index (χ1) is 29.4. The molecule has 0 saturated heterocycles. The monoisotopic (exact) mass is 801 g/mol. The Hall–Kier alpha value is -7.30. The third kappa shape index (κ3) is 14.3. The second-order valence-corrected chi connectivity index (χ2v) is 14.1. The number of benzene rings is 3. The Labute approximate surface area is 349 Å². The smallest absolute Gasteiger partial charge is 0.243 e. The summed E-state index contributed by atoms with van der Waals surface area (Å²) in [6.07, 6.45) is 5.85. The SMILES string of the molecule is O=C(CCC(=O)c1ccccc1)NCCN(CC(=O)Nc1ccc(C#CCN(Cc2ccccn2)Cc2ccccn2)cc1)C(=O)CCc1cn(Cc2ccccc2)nn1. The van der Waals surface area contributed by atoms with Crippen molar-refractivity contribution < 1.29 is 19.2 Å².